The maximum absolute atomic E-state index is 12.0. The van der Waals surface area contributed by atoms with Crippen LogP contribution in [0.5, 0.6) is 0 Å². The lowest BCUT2D eigenvalue weighted by Gasteiger charge is -2.12. The Labute approximate surface area is 91.4 Å². The van der Waals surface area contributed by atoms with Gasteiger partial charge in [0.15, 0.2) is 0 Å². The second kappa shape index (κ2) is 4.58. The van der Waals surface area contributed by atoms with E-state index in [-0.39, 0.29) is 0 Å². The summed E-state index contributed by atoms with van der Waals surface area (Å²) >= 11 is 0. The molecule has 0 amide bonds. The summed E-state index contributed by atoms with van der Waals surface area (Å²) < 4.78 is 60.7. The molecule has 0 heterocycles. The van der Waals surface area contributed by atoms with Gasteiger partial charge in [-0.1, -0.05) is 23.2 Å². The van der Waals surface area contributed by atoms with Crippen LogP contribution in [-0.2, 0) is 19.1 Å². The lowest BCUT2D eigenvalue weighted by Crippen LogP contribution is -2.25. The first kappa shape index (κ1) is 13.2. The van der Waals surface area contributed by atoms with E-state index in [9.17, 15) is 21.4 Å². The van der Waals surface area contributed by atoms with Gasteiger partial charge in [0.1, 0.15) is 6.10 Å². The van der Waals surface area contributed by atoms with Crippen LogP contribution in [0.3, 0.4) is 0 Å². The van der Waals surface area contributed by atoms with Gasteiger partial charge in [0, 0.05) is 0 Å². The Bertz CT molecular complexity index is 477. The molecule has 0 aromatic heterocycles. The zero-order valence-electron chi connectivity index (χ0n) is 7.84. The highest BCUT2D eigenvalue weighted by Crippen LogP contribution is 2.45. The Morgan fingerprint density at radius 1 is 1.38 bits per heavy atom. The lowest BCUT2D eigenvalue weighted by molar-refractivity contribution is 0.295. The number of nitrogens with one attached hydrogen (secondary N) is 1. The van der Waals surface area contributed by atoms with Gasteiger partial charge >= 0.3 is 18.2 Å². The molecule has 0 aromatic rings. The summed E-state index contributed by atoms with van der Waals surface area (Å²) in [5.74, 6) is 0. The first-order valence-corrected chi connectivity index (χ1v) is 6.85. The fraction of sp³-hybridized carbons (Fsp3) is 0.143. The average molecular weight is 271 g/mol. The van der Waals surface area contributed by atoms with E-state index in [2.05, 4.69) is 10.8 Å². The van der Waals surface area contributed by atoms with E-state index in [0.717, 1.165) is 0 Å². The van der Waals surface area contributed by atoms with Crippen molar-refractivity contribution in [1.29, 1.82) is 0 Å². The van der Waals surface area contributed by atoms with E-state index in [1.807, 2.05) is 0 Å². The Balaban J connectivity index is 2.68. The minimum Gasteiger partial charge on any atom is -0.246 e. The van der Waals surface area contributed by atoms with E-state index < -0.39 is 24.3 Å². The van der Waals surface area contributed by atoms with Crippen molar-refractivity contribution < 1.29 is 25.6 Å². The molecule has 0 atom stereocenters. The molecule has 0 bridgehead atoms. The van der Waals surface area contributed by atoms with Gasteiger partial charge in [-0.05, 0) is 17.7 Å². The molecule has 1 rings (SSSR count). The predicted octanol–water partition coefficient (Wildman–Crippen LogP) is 1.94. The molecule has 90 valence electrons. The van der Waals surface area contributed by atoms with Crippen molar-refractivity contribution in [2.75, 3.05) is 0 Å². The molecule has 0 aromatic carbocycles. The molecule has 1 aliphatic rings. The number of hydrogen-bond acceptors (Lipinski definition) is 4. The zero-order chi connectivity index (χ0) is 12.4. The summed E-state index contributed by atoms with van der Waals surface area (Å²) in [7, 11) is -10.6. The third kappa shape index (κ3) is 4.80. The summed E-state index contributed by atoms with van der Waals surface area (Å²) in [6.45, 7) is 3.55. The molecule has 9 heteroatoms. The second-order valence-electron chi connectivity index (χ2n) is 2.86. The Hall–Kier alpha value is -0.820. The molecule has 0 saturated heterocycles. The molecule has 0 radical (unpaired) electrons. The monoisotopic (exact) mass is 271 g/mol. The fourth-order valence-corrected chi connectivity index (χ4v) is 2.55. The minimum atomic E-state index is -5.90. The summed E-state index contributed by atoms with van der Waals surface area (Å²) in [4.78, 5) is 0. The minimum absolute atomic E-state index is 0.617. The van der Waals surface area contributed by atoms with Crippen LogP contribution in [0.4, 0.5) is 8.39 Å². The largest absolute Gasteiger partial charge is 0.495 e. The van der Waals surface area contributed by atoms with E-state index >= 15 is 0 Å². The van der Waals surface area contributed by atoms with Gasteiger partial charge in [0.2, 0.25) is 0 Å². The van der Waals surface area contributed by atoms with Crippen LogP contribution in [0.1, 0.15) is 0 Å². The number of hydrogen-bond donors (Lipinski definition) is 1. The van der Waals surface area contributed by atoms with Gasteiger partial charge in [-0.25, -0.2) is 8.75 Å². The molecule has 0 aliphatic heterocycles. The summed E-state index contributed by atoms with van der Waals surface area (Å²) in [6, 6.07) is 0. The van der Waals surface area contributed by atoms with Gasteiger partial charge in [0.25, 0.3) is 0 Å². The molecular weight excluding hydrogens is 263 g/mol. The Morgan fingerprint density at radius 3 is 2.31 bits per heavy atom. The maximum atomic E-state index is 12.0. The molecule has 5 nitrogen and oxygen atoms in total. The number of rotatable bonds is 4. The van der Waals surface area contributed by atoms with Crippen molar-refractivity contribution in [3.63, 3.8) is 0 Å². The van der Waals surface area contributed by atoms with Crippen molar-refractivity contribution in [3.8, 4) is 0 Å². The van der Waals surface area contributed by atoms with Crippen molar-refractivity contribution in [3.05, 3.63) is 36.5 Å². The Morgan fingerprint density at radius 2 is 1.88 bits per heavy atom. The molecule has 0 spiro atoms. The third-order valence-corrected chi connectivity index (χ3v) is 3.68. The maximum Gasteiger partial charge on any atom is 0.495 e. The first-order valence-electron chi connectivity index (χ1n) is 3.95. The van der Waals surface area contributed by atoms with Crippen molar-refractivity contribution in [2.24, 2.45) is 0 Å². The molecule has 1 N–H and O–H groups in total. The normalized spacial score (nSPS) is 18.0. The van der Waals surface area contributed by atoms with Crippen molar-refractivity contribution in [1.82, 2.24) is 4.49 Å². The highest BCUT2D eigenvalue weighted by Gasteiger charge is 2.29. The van der Waals surface area contributed by atoms with E-state index in [4.69, 9.17) is 0 Å². The molecule has 1 aliphatic carbocycles. The van der Waals surface area contributed by atoms with Crippen molar-refractivity contribution in [2.45, 2.75) is 6.10 Å². The highest BCUT2D eigenvalue weighted by molar-refractivity contribution is 7.90. The first-order chi connectivity index (χ1) is 7.18. The molecule has 16 heavy (non-hydrogen) atoms. The van der Waals surface area contributed by atoms with Crippen LogP contribution in [0.15, 0.2) is 36.5 Å². The second-order valence-corrected chi connectivity index (χ2v) is 5.62. The van der Waals surface area contributed by atoms with E-state index in [1.54, 1.807) is 0 Å². The zero-order valence-corrected chi connectivity index (χ0v) is 9.55. The summed E-state index contributed by atoms with van der Waals surface area (Å²) in [6.07, 6.45) is 4.52. The highest BCUT2D eigenvalue weighted by atomic mass is 32.2. The van der Waals surface area contributed by atoms with Gasteiger partial charge in [-0.3, -0.25) is 0 Å². The van der Waals surface area contributed by atoms with Crippen molar-refractivity contribution >= 4 is 18.2 Å². The Kier molecular flexibility index (Phi) is 3.80. The number of allylic oxidation sites excluding steroid dienone is 3. The van der Waals surface area contributed by atoms with Gasteiger partial charge < -0.3 is 0 Å². The third-order valence-electron chi connectivity index (χ3n) is 1.46. The van der Waals surface area contributed by atoms with Crippen LogP contribution in [0, 0.1) is 0 Å². The fourth-order valence-electron chi connectivity index (χ4n) is 0.919. The average Bonchev–Trinajstić information content (AvgIpc) is 2.04. The lowest BCUT2D eigenvalue weighted by atomic mass is 10.1. The van der Waals surface area contributed by atoms with Crippen LogP contribution >= 0.6 is 7.91 Å². The molecule has 0 fully saturated rings. The van der Waals surface area contributed by atoms with Crippen LogP contribution in [-0.4, -0.2) is 14.5 Å². The molecule has 0 saturated carbocycles. The SMILES string of the molecule is C=C1C=CC(OS(=O)(=O)NP(=O)(F)F)C=C1. The predicted molar refractivity (Wildman–Crippen MR) is 54.2 cm³/mol. The summed E-state index contributed by atoms with van der Waals surface area (Å²) in [5.41, 5.74) is 0.617. The van der Waals surface area contributed by atoms with Crippen LogP contribution < -0.4 is 4.49 Å². The quantitative estimate of drug-likeness (QED) is 0.793. The van der Waals surface area contributed by atoms with Crippen LogP contribution in [0.25, 0.3) is 0 Å². The molecular formula is C7H8F2NO4PS. The smallest absolute Gasteiger partial charge is 0.246 e. The van der Waals surface area contributed by atoms with E-state index in [1.165, 1.54) is 24.3 Å². The van der Waals surface area contributed by atoms with Gasteiger partial charge in [-0.15, -0.1) is 8.39 Å². The van der Waals surface area contributed by atoms with E-state index in [0.29, 0.717) is 10.1 Å². The van der Waals surface area contributed by atoms with Gasteiger partial charge in [-0.2, -0.15) is 8.42 Å². The molecule has 0 unspecified atom stereocenters. The number of halogens is 2. The standard InChI is InChI=1S/C7H8F2NO4PS/c1-6-2-4-7(5-3-6)14-16(12,13)10-15(8,9)11/h2-5,7H,1H2,(H,10,11). The van der Waals surface area contributed by atoms with Crippen LogP contribution in [0.2, 0.25) is 0 Å². The summed E-state index contributed by atoms with van der Waals surface area (Å²) in [5, 5.41) is 0. The van der Waals surface area contributed by atoms with Gasteiger partial charge in [0.05, 0.1) is 0 Å². The topological polar surface area (TPSA) is 72.5 Å².